The second-order valence-electron chi connectivity index (χ2n) is 11.5. The van der Waals surface area contributed by atoms with E-state index in [1.54, 1.807) is 0 Å². The fraction of sp³-hybridized carbons (Fsp3) is 0. The molecule has 0 spiro atoms. The zero-order valence-corrected chi connectivity index (χ0v) is 24.4. The Bertz CT molecular complexity index is 2450. The normalized spacial score (nSPS) is 11.6. The maximum atomic E-state index is 6.33. The van der Waals surface area contributed by atoms with Crippen LogP contribution in [0.5, 0.6) is 0 Å². The average Bonchev–Trinajstić information content (AvgIpc) is 3.50. The van der Waals surface area contributed by atoms with E-state index in [0.29, 0.717) is 0 Å². The van der Waals surface area contributed by atoms with Crippen LogP contribution in [-0.2, 0) is 0 Å². The zero-order chi connectivity index (χ0) is 29.7. The molecule has 0 aliphatic rings. The highest BCUT2D eigenvalue weighted by molar-refractivity contribution is 6.21. The van der Waals surface area contributed by atoms with Gasteiger partial charge in [-0.2, -0.15) is 0 Å². The first kappa shape index (κ1) is 25.5. The van der Waals surface area contributed by atoms with Crippen molar-refractivity contribution in [2.45, 2.75) is 0 Å². The van der Waals surface area contributed by atoms with Crippen molar-refractivity contribution in [2.24, 2.45) is 0 Å². The molecule has 0 saturated carbocycles. The molecular weight excluding hydrogens is 546 g/mol. The lowest BCUT2D eigenvalue weighted by molar-refractivity contribution is 0.669. The minimum absolute atomic E-state index is 0.886. The highest BCUT2D eigenvalue weighted by atomic mass is 16.3. The number of furan rings is 1. The van der Waals surface area contributed by atoms with E-state index in [0.717, 1.165) is 44.2 Å². The molecule has 210 valence electrons. The predicted octanol–water partition coefficient (Wildman–Crippen LogP) is 12.0. The maximum absolute atomic E-state index is 6.33. The molecule has 9 rings (SSSR count). The Balaban J connectivity index is 1.30. The fourth-order valence-electron chi connectivity index (χ4n) is 7.04. The van der Waals surface area contributed by atoms with Gasteiger partial charge in [-0.15, -0.1) is 0 Å². The summed E-state index contributed by atoms with van der Waals surface area (Å²) in [5.41, 5.74) is 11.3. The summed E-state index contributed by atoms with van der Waals surface area (Å²) < 4.78 is 6.33. The first-order valence-electron chi connectivity index (χ1n) is 15.3. The molecule has 0 aliphatic heterocycles. The molecule has 0 atom stereocenters. The van der Waals surface area contributed by atoms with Gasteiger partial charge in [-0.25, -0.2) is 0 Å². The number of hydrogen-bond acceptors (Lipinski definition) is 2. The monoisotopic (exact) mass is 573 g/mol. The SMILES string of the molecule is c1ccc(-c2c3ccccc3c(-c3ccc(-c4c(-c5cccnc5)ccc5oc6ccccc6c45)cc3)c3ccccc23)cc1. The van der Waals surface area contributed by atoms with Gasteiger partial charge in [-0.05, 0) is 79.2 Å². The Hall–Kier alpha value is -5.99. The molecule has 0 fully saturated rings. The number of pyridine rings is 1. The van der Waals surface area contributed by atoms with Gasteiger partial charge in [0.1, 0.15) is 11.2 Å². The van der Waals surface area contributed by atoms with Gasteiger partial charge >= 0.3 is 0 Å². The van der Waals surface area contributed by atoms with Crippen LogP contribution < -0.4 is 0 Å². The lowest BCUT2D eigenvalue weighted by Crippen LogP contribution is -1.91. The van der Waals surface area contributed by atoms with Crippen molar-refractivity contribution >= 4 is 43.5 Å². The summed E-state index contributed by atoms with van der Waals surface area (Å²) in [5.74, 6) is 0. The van der Waals surface area contributed by atoms with E-state index in [1.807, 2.05) is 30.6 Å². The van der Waals surface area contributed by atoms with Gasteiger partial charge in [0.2, 0.25) is 0 Å². The lowest BCUT2D eigenvalue weighted by Gasteiger charge is -2.18. The molecule has 0 radical (unpaired) electrons. The summed E-state index contributed by atoms with van der Waals surface area (Å²) in [7, 11) is 0. The number of benzene rings is 7. The Kier molecular flexibility index (Phi) is 5.85. The molecule has 0 saturated heterocycles. The highest BCUT2D eigenvalue weighted by Gasteiger charge is 2.19. The smallest absolute Gasteiger partial charge is 0.136 e. The standard InChI is InChI=1S/C43H27NO/c1-2-11-28(12-3-1)40-33-14-4-6-16-35(33)41(36-17-7-5-15-34(36)40)29-20-22-30(23-21-29)42-32(31-13-10-26-44-27-31)24-25-39-43(42)37-18-8-9-19-38(37)45-39/h1-27H. The number of para-hydroxylation sites is 1. The van der Waals surface area contributed by atoms with Crippen LogP contribution in [0.2, 0.25) is 0 Å². The van der Waals surface area contributed by atoms with Crippen LogP contribution >= 0.6 is 0 Å². The minimum atomic E-state index is 0.886. The molecular formula is C43H27NO. The largest absolute Gasteiger partial charge is 0.456 e. The van der Waals surface area contributed by atoms with Gasteiger partial charge in [0, 0.05) is 34.3 Å². The van der Waals surface area contributed by atoms with Crippen LogP contribution in [-0.4, -0.2) is 4.98 Å². The molecule has 0 unspecified atom stereocenters. The Morgan fingerprint density at radius 3 is 1.47 bits per heavy atom. The van der Waals surface area contributed by atoms with Crippen LogP contribution in [0.25, 0.3) is 88.0 Å². The molecule has 0 bridgehead atoms. The molecule has 45 heavy (non-hydrogen) atoms. The first-order chi connectivity index (χ1) is 22.3. The van der Waals surface area contributed by atoms with Crippen LogP contribution in [0.3, 0.4) is 0 Å². The van der Waals surface area contributed by atoms with E-state index >= 15 is 0 Å². The predicted molar refractivity (Wildman–Crippen MR) is 188 cm³/mol. The summed E-state index contributed by atoms with van der Waals surface area (Å²) >= 11 is 0. The van der Waals surface area contributed by atoms with Gasteiger partial charge in [0.15, 0.2) is 0 Å². The summed E-state index contributed by atoms with van der Waals surface area (Å²) in [5, 5.41) is 7.27. The van der Waals surface area contributed by atoms with Gasteiger partial charge in [0.25, 0.3) is 0 Å². The van der Waals surface area contributed by atoms with E-state index < -0.39 is 0 Å². The van der Waals surface area contributed by atoms with Crippen molar-refractivity contribution in [1.29, 1.82) is 0 Å². The van der Waals surface area contributed by atoms with Gasteiger partial charge < -0.3 is 4.42 Å². The van der Waals surface area contributed by atoms with Gasteiger partial charge in [-0.3, -0.25) is 4.98 Å². The second kappa shape index (κ2) is 10.3. The van der Waals surface area contributed by atoms with Gasteiger partial charge in [-0.1, -0.05) is 127 Å². The Morgan fingerprint density at radius 2 is 0.867 bits per heavy atom. The molecule has 2 heterocycles. The van der Waals surface area contributed by atoms with E-state index in [1.165, 1.54) is 43.8 Å². The van der Waals surface area contributed by atoms with Crippen molar-refractivity contribution in [2.75, 3.05) is 0 Å². The summed E-state index contributed by atoms with van der Waals surface area (Å²) in [6.07, 6.45) is 3.76. The lowest BCUT2D eigenvalue weighted by atomic mass is 9.85. The van der Waals surface area contributed by atoms with Gasteiger partial charge in [0.05, 0.1) is 0 Å². The number of hydrogen-bond donors (Lipinski definition) is 0. The van der Waals surface area contributed by atoms with E-state index in [9.17, 15) is 0 Å². The molecule has 7 aromatic carbocycles. The van der Waals surface area contributed by atoms with Crippen LogP contribution in [0.1, 0.15) is 0 Å². The molecule has 0 aliphatic carbocycles. The summed E-state index contributed by atoms with van der Waals surface area (Å²) in [6, 6.07) is 54.1. The highest BCUT2D eigenvalue weighted by Crippen LogP contribution is 2.46. The number of nitrogens with zero attached hydrogens (tertiary/aromatic N) is 1. The van der Waals surface area contributed by atoms with Crippen LogP contribution in [0.4, 0.5) is 0 Å². The Labute approximate surface area is 260 Å². The molecule has 0 amide bonds. The van der Waals surface area contributed by atoms with E-state index in [-0.39, 0.29) is 0 Å². The average molecular weight is 574 g/mol. The van der Waals surface area contributed by atoms with Crippen molar-refractivity contribution in [3.8, 4) is 44.5 Å². The Morgan fingerprint density at radius 1 is 0.356 bits per heavy atom. The van der Waals surface area contributed by atoms with Crippen molar-refractivity contribution in [1.82, 2.24) is 4.98 Å². The topological polar surface area (TPSA) is 26.0 Å². The number of rotatable bonds is 4. The summed E-state index contributed by atoms with van der Waals surface area (Å²) in [4.78, 5) is 4.44. The third-order valence-electron chi connectivity index (χ3n) is 8.97. The van der Waals surface area contributed by atoms with Crippen molar-refractivity contribution < 1.29 is 4.42 Å². The van der Waals surface area contributed by atoms with Crippen LogP contribution in [0, 0.1) is 0 Å². The third-order valence-corrected chi connectivity index (χ3v) is 8.97. The molecule has 2 heteroatoms. The molecule has 0 N–H and O–H groups in total. The first-order valence-corrected chi connectivity index (χ1v) is 15.3. The minimum Gasteiger partial charge on any atom is -0.456 e. The molecule has 2 nitrogen and oxygen atoms in total. The second-order valence-corrected chi connectivity index (χ2v) is 11.5. The number of fused-ring (bicyclic) bond motifs is 5. The van der Waals surface area contributed by atoms with Crippen molar-refractivity contribution in [3.05, 3.63) is 164 Å². The van der Waals surface area contributed by atoms with Crippen molar-refractivity contribution in [3.63, 3.8) is 0 Å². The van der Waals surface area contributed by atoms with Crippen LogP contribution in [0.15, 0.2) is 168 Å². The quantitative estimate of drug-likeness (QED) is 0.196. The van der Waals surface area contributed by atoms with E-state index in [2.05, 4.69) is 138 Å². The fourth-order valence-corrected chi connectivity index (χ4v) is 7.04. The number of aromatic nitrogens is 1. The summed E-state index contributed by atoms with van der Waals surface area (Å²) in [6.45, 7) is 0. The third kappa shape index (κ3) is 4.07. The zero-order valence-electron chi connectivity index (χ0n) is 24.4. The van der Waals surface area contributed by atoms with E-state index in [4.69, 9.17) is 4.42 Å². The molecule has 9 aromatic rings. The molecule has 2 aromatic heterocycles. The maximum Gasteiger partial charge on any atom is 0.136 e.